The Hall–Kier alpha value is -7.04. The zero-order valence-corrected chi connectivity index (χ0v) is 29.3. The normalized spacial score (nSPS) is 11.1. The van der Waals surface area contributed by atoms with E-state index in [2.05, 4.69) is 76.5 Å². The third-order valence-electron chi connectivity index (χ3n) is 9.96. The van der Waals surface area contributed by atoms with Crippen molar-refractivity contribution in [1.29, 1.82) is 0 Å². The molecule has 9 rings (SSSR count). The van der Waals surface area contributed by atoms with Gasteiger partial charge in [-0.15, -0.1) is 0 Å². The Morgan fingerprint density at radius 1 is 0.278 bits per heavy atom. The van der Waals surface area contributed by atoms with Crippen LogP contribution in [-0.2, 0) is 0 Å². The van der Waals surface area contributed by atoms with Crippen molar-refractivity contribution in [2.24, 2.45) is 0 Å². The molecular weight excluding hydrogens is 667 g/mol. The molecule has 2 nitrogen and oxygen atoms in total. The summed E-state index contributed by atoms with van der Waals surface area (Å²) in [5.74, 6) is -0.639. The highest BCUT2D eigenvalue weighted by atomic mass is 19.1. The van der Waals surface area contributed by atoms with E-state index < -0.39 is 0 Å². The number of para-hydroxylation sites is 3. The van der Waals surface area contributed by atoms with Crippen LogP contribution in [0.4, 0.5) is 42.9 Å². The average Bonchev–Trinajstić information content (AvgIpc) is 3.23. The Bertz CT molecular complexity index is 2690. The quantitative estimate of drug-likeness (QED) is 0.146. The maximum Gasteiger partial charge on any atom is 0.131 e. The number of anilines is 6. The largest absolute Gasteiger partial charge is 0.311 e. The molecule has 0 aliphatic rings. The first-order valence-electron chi connectivity index (χ1n) is 18.0. The summed E-state index contributed by atoms with van der Waals surface area (Å²) in [6.45, 7) is 0. The number of benzene rings is 9. The standard InChI is InChI=1S/C50H34F2N2/c51-45-28-14-12-25-42(45)48-40-23-10-11-24-41(40)49(43-26-13-15-29-46(43)52)50-44(48)27-16-30-47(50)54(37-21-8-3-9-22-37)39-33-31-38(32-34-39)53(35-17-4-1-5-18-35)36-19-6-2-7-20-36/h1-34H. The lowest BCUT2D eigenvalue weighted by molar-refractivity contribution is 0.631. The summed E-state index contributed by atoms with van der Waals surface area (Å²) < 4.78 is 32.0. The minimum absolute atomic E-state index is 0.315. The van der Waals surface area contributed by atoms with Gasteiger partial charge in [-0.25, -0.2) is 8.78 Å². The minimum Gasteiger partial charge on any atom is -0.311 e. The smallest absolute Gasteiger partial charge is 0.131 e. The molecule has 0 heterocycles. The molecule has 0 aliphatic heterocycles. The predicted molar refractivity (Wildman–Crippen MR) is 222 cm³/mol. The van der Waals surface area contributed by atoms with E-state index in [1.54, 1.807) is 12.1 Å². The lowest BCUT2D eigenvalue weighted by Gasteiger charge is -2.30. The van der Waals surface area contributed by atoms with Crippen molar-refractivity contribution in [1.82, 2.24) is 0 Å². The van der Waals surface area contributed by atoms with Crippen molar-refractivity contribution in [3.05, 3.63) is 218 Å². The van der Waals surface area contributed by atoms with Gasteiger partial charge in [-0.2, -0.15) is 0 Å². The lowest BCUT2D eigenvalue weighted by atomic mass is 9.84. The second-order valence-corrected chi connectivity index (χ2v) is 13.1. The van der Waals surface area contributed by atoms with Crippen molar-refractivity contribution in [3.8, 4) is 22.3 Å². The van der Waals surface area contributed by atoms with Crippen molar-refractivity contribution >= 4 is 55.7 Å². The molecule has 4 heteroatoms. The first-order chi connectivity index (χ1) is 26.7. The fourth-order valence-electron chi connectivity index (χ4n) is 7.65. The average molecular weight is 701 g/mol. The third kappa shape index (κ3) is 5.84. The van der Waals surface area contributed by atoms with Crippen molar-refractivity contribution in [2.75, 3.05) is 9.80 Å². The van der Waals surface area contributed by atoms with Gasteiger partial charge < -0.3 is 9.80 Å². The summed E-state index contributed by atoms with van der Waals surface area (Å²) >= 11 is 0. The monoisotopic (exact) mass is 700 g/mol. The van der Waals surface area contributed by atoms with Crippen LogP contribution in [0, 0.1) is 11.6 Å². The summed E-state index contributed by atoms with van der Waals surface area (Å²) in [7, 11) is 0. The number of hydrogen-bond acceptors (Lipinski definition) is 2. The first-order valence-corrected chi connectivity index (χ1v) is 18.0. The van der Waals surface area contributed by atoms with E-state index in [1.807, 2.05) is 115 Å². The van der Waals surface area contributed by atoms with Crippen LogP contribution >= 0.6 is 0 Å². The maximum atomic E-state index is 16.1. The molecule has 9 aromatic rings. The molecule has 258 valence electrons. The molecule has 0 radical (unpaired) electrons. The highest BCUT2D eigenvalue weighted by molar-refractivity contribution is 6.25. The number of halogens is 2. The Kier molecular flexibility index (Phi) is 8.62. The SMILES string of the molecule is Fc1ccccc1-c1c2ccccc2c(-c2ccccc2F)c2c(N(c3ccccc3)c3ccc(N(c4ccccc4)c4ccccc4)cc3)cccc12. The molecule has 0 unspecified atom stereocenters. The van der Waals surface area contributed by atoms with Crippen LogP contribution in [0.15, 0.2) is 206 Å². The minimum atomic E-state index is -0.324. The molecule has 0 saturated carbocycles. The molecule has 9 aromatic carbocycles. The number of hydrogen-bond donors (Lipinski definition) is 0. The fourth-order valence-corrected chi connectivity index (χ4v) is 7.65. The van der Waals surface area contributed by atoms with E-state index >= 15 is 8.78 Å². The maximum absolute atomic E-state index is 16.1. The van der Waals surface area contributed by atoms with Crippen LogP contribution in [0.3, 0.4) is 0 Å². The number of fused-ring (bicyclic) bond motifs is 2. The van der Waals surface area contributed by atoms with Gasteiger partial charge in [0.25, 0.3) is 0 Å². The summed E-state index contributed by atoms with van der Waals surface area (Å²) in [4.78, 5) is 4.45. The van der Waals surface area contributed by atoms with Gasteiger partial charge in [0.1, 0.15) is 11.6 Å². The Morgan fingerprint density at radius 3 is 1.17 bits per heavy atom. The summed E-state index contributed by atoms with van der Waals surface area (Å²) in [6.07, 6.45) is 0. The van der Waals surface area contributed by atoms with Gasteiger partial charge in [-0.3, -0.25) is 0 Å². The van der Waals surface area contributed by atoms with Gasteiger partial charge in [0.05, 0.1) is 5.69 Å². The number of rotatable bonds is 8. The second-order valence-electron chi connectivity index (χ2n) is 13.1. The van der Waals surface area contributed by atoms with Gasteiger partial charge in [0, 0.05) is 56.1 Å². The molecule has 0 spiro atoms. The highest BCUT2D eigenvalue weighted by Crippen LogP contribution is 2.50. The van der Waals surface area contributed by atoms with Gasteiger partial charge in [0.2, 0.25) is 0 Å². The molecular formula is C50H34F2N2. The molecule has 0 N–H and O–H groups in total. The zero-order chi connectivity index (χ0) is 36.4. The molecule has 0 atom stereocenters. The molecule has 54 heavy (non-hydrogen) atoms. The Balaban J connectivity index is 1.34. The van der Waals surface area contributed by atoms with Crippen LogP contribution in [0.1, 0.15) is 0 Å². The van der Waals surface area contributed by atoms with Gasteiger partial charge in [-0.1, -0.05) is 127 Å². The number of nitrogens with zero attached hydrogens (tertiary/aromatic N) is 2. The molecule has 0 aliphatic carbocycles. The van der Waals surface area contributed by atoms with Gasteiger partial charge in [-0.05, 0) is 95.0 Å². The van der Waals surface area contributed by atoms with E-state index in [0.29, 0.717) is 11.1 Å². The van der Waals surface area contributed by atoms with E-state index in [9.17, 15) is 0 Å². The van der Waals surface area contributed by atoms with E-state index in [1.165, 1.54) is 12.1 Å². The van der Waals surface area contributed by atoms with Crippen LogP contribution in [0.2, 0.25) is 0 Å². The lowest BCUT2D eigenvalue weighted by Crippen LogP contribution is -2.12. The van der Waals surface area contributed by atoms with Crippen LogP contribution in [0.5, 0.6) is 0 Å². The topological polar surface area (TPSA) is 6.48 Å². The van der Waals surface area contributed by atoms with Crippen molar-refractivity contribution < 1.29 is 8.78 Å². The Labute approximate surface area is 313 Å². The molecule has 0 amide bonds. The van der Waals surface area contributed by atoms with Gasteiger partial charge in [0.15, 0.2) is 0 Å². The fraction of sp³-hybridized carbons (Fsp3) is 0. The molecule has 0 bridgehead atoms. The van der Waals surface area contributed by atoms with E-state index in [4.69, 9.17) is 0 Å². The highest BCUT2D eigenvalue weighted by Gasteiger charge is 2.25. The summed E-state index contributed by atoms with van der Waals surface area (Å²) in [5, 5.41) is 3.34. The summed E-state index contributed by atoms with van der Waals surface area (Å²) in [5.41, 5.74) is 8.29. The van der Waals surface area contributed by atoms with Crippen molar-refractivity contribution in [3.63, 3.8) is 0 Å². The van der Waals surface area contributed by atoms with Crippen LogP contribution in [0.25, 0.3) is 43.8 Å². The second kappa shape index (κ2) is 14.2. The first kappa shape index (κ1) is 32.8. The molecule has 0 saturated heterocycles. The van der Waals surface area contributed by atoms with Crippen LogP contribution in [-0.4, -0.2) is 0 Å². The third-order valence-corrected chi connectivity index (χ3v) is 9.96. The Morgan fingerprint density at radius 2 is 0.648 bits per heavy atom. The van der Waals surface area contributed by atoms with E-state index in [0.717, 1.165) is 66.8 Å². The van der Waals surface area contributed by atoms with Gasteiger partial charge >= 0.3 is 0 Å². The summed E-state index contributed by atoms with van der Waals surface area (Å²) in [6, 6.07) is 67.2. The van der Waals surface area contributed by atoms with E-state index in [-0.39, 0.29) is 11.6 Å². The predicted octanol–water partition coefficient (Wildman–Crippen LogP) is 14.5. The molecule has 0 fully saturated rings. The zero-order valence-electron chi connectivity index (χ0n) is 29.3. The van der Waals surface area contributed by atoms with Crippen LogP contribution < -0.4 is 9.80 Å². The van der Waals surface area contributed by atoms with Crippen molar-refractivity contribution in [2.45, 2.75) is 0 Å². The molecule has 0 aromatic heterocycles.